The second-order valence-corrected chi connectivity index (χ2v) is 3.16. The monoisotopic (exact) mass is 177 g/mol. The van der Waals surface area contributed by atoms with Crippen LogP contribution in [-0.2, 0) is 0 Å². The zero-order valence-corrected chi connectivity index (χ0v) is 7.86. The molecule has 0 aliphatic heterocycles. The molecule has 1 aromatic carbocycles. The van der Waals surface area contributed by atoms with Crippen molar-refractivity contribution in [1.82, 2.24) is 0 Å². The molecule has 0 amide bonds. The number of hydrogen-bond donors (Lipinski definition) is 1. The van der Waals surface area contributed by atoms with Gasteiger partial charge in [-0.15, -0.1) is 0 Å². The zero-order valence-electron chi connectivity index (χ0n) is 7.86. The first kappa shape index (κ1) is 9.93. The largest absolute Gasteiger partial charge is 0.327 e. The topological polar surface area (TPSA) is 43.1 Å². The molecule has 1 atom stereocenters. The Labute approximate surface area is 78.8 Å². The summed E-state index contributed by atoms with van der Waals surface area (Å²) in [6, 6.07) is 9.27. The van der Waals surface area contributed by atoms with Crippen molar-refractivity contribution in [2.75, 3.05) is 0 Å². The molecule has 0 radical (unpaired) electrons. The Morgan fingerprint density at radius 2 is 2.00 bits per heavy atom. The molecule has 0 saturated carbocycles. The van der Waals surface area contributed by atoms with E-state index in [4.69, 9.17) is 5.73 Å². The highest BCUT2D eigenvalue weighted by atomic mass is 16.1. The second-order valence-electron chi connectivity index (χ2n) is 3.16. The van der Waals surface area contributed by atoms with Crippen LogP contribution in [0.2, 0.25) is 0 Å². The van der Waals surface area contributed by atoms with Gasteiger partial charge in [-0.2, -0.15) is 0 Å². The molecule has 0 aromatic heterocycles. The number of carbonyl (C=O) groups is 1. The van der Waals surface area contributed by atoms with Gasteiger partial charge < -0.3 is 5.73 Å². The van der Waals surface area contributed by atoms with Gasteiger partial charge in [-0.3, -0.25) is 4.79 Å². The predicted molar refractivity (Wildman–Crippen MR) is 53.7 cm³/mol. The zero-order chi connectivity index (χ0) is 9.68. The van der Waals surface area contributed by atoms with Crippen LogP contribution in [0.4, 0.5) is 0 Å². The highest BCUT2D eigenvalue weighted by molar-refractivity contribution is 5.96. The van der Waals surface area contributed by atoms with E-state index < -0.39 is 0 Å². The van der Waals surface area contributed by atoms with Gasteiger partial charge in [-0.1, -0.05) is 37.3 Å². The van der Waals surface area contributed by atoms with Crippen molar-refractivity contribution in [3.63, 3.8) is 0 Å². The molecule has 2 nitrogen and oxygen atoms in total. The molecule has 70 valence electrons. The first-order valence-electron chi connectivity index (χ1n) is 4.58. The first-order chi connectivity index (χ1) is 6.24. The molecule has 1 unspecified atom stereocenters. The van der Waals surface area contributed by atoms with Crippen LogP contribution in [-0.4, -0.2) is 11.8 Å². The molecule has 1 aromatic rings. The lowest BCUT2D eigenvalue weighted by molar-refractivity contribution is 0.0974. The lowest BCUT2D eigenvalue weighted by Crippen LogP contribution is -2.22. The van der Waals surface area contributed by atoms with E-state index in [1.165, 1.54) is 0 Å². The molecule has 0 aliphatic carbocycles. The van der Waals surface area contributed by atoms with Gasteiger partial charge in [0.15, 0.2) is 5.78 Å². The van der Waals surface area contributed by atoms with Gasteiger partial charge in [0, 0.05) is 18.0 Å². The number of carbonyl (C=O) groups excluding carboxylic acids is 1. The molecule has 0 bridgehead atoms. The lowest BCUT2D eigenvalue weighted by Gasteiger charge is -2.06. The summed E-state index contributed by atoms with van der Waals surface area (Å²) < 4.78 is 0. The third-order valence-corrected chi connectivity index (χ3v) is 2.07. The minimum Gasteiger partial charge on any atom is -0.327 e. The quantitative estimate of drug-likeness (QED) is 0.715. The van der Waals surface area contributed by atoms with Gasteiger partial charge in [0.25, 0.3) is 0 Å². The Kier molecular flexibility index (Phi) is 3.65. The van der Waals surface area contributed by atoms with Crippen molar-refractivity contribution in [2.45, 2.75) is 25.8 Å². The van der Waals surface area contributed by atoms with E-state index in [0.717, 1.165) is 12.0 Å². The first-order valence-corrected chi connectivity index (χ1v) is 4.58. The Morgan fingerprint density at radius 3 is 2.54 bits per heavy atom. The molecule has 0 fully saturated rings. The average Bonchev–Trinajstić information content (AvgIpc) is 2.19. The summed E-state index contributed by atoms with van der Waals surface area (Å²) >= 11 is 0. The molecular formula is C11H15NO. The number of ketones is 1. The maximum absolute atomic E-state index is 11.5. The van der Waals surface area contributed by atoms with Gasteiger partial charge >= 0.3 is 0 Å². The van der Waals surface area contributed by atoms with Crippen LogP contribution < -0.4 is 5.73 Å². The van der Waals surface area contributed by atoms with E-state index in [-0.39, 0.29) is 11.8 Å². The highest BCUT2D eigenvalue weighted by Gasteiger charge is 2.08. The molecule has 0 spiro atoms. The van der Waals surface area contributed by atoms with Gasteiger partial charge in [0.1, 0.15) is 0 Å². The van der Waals surface area contributed by atoms with Crippen LogP contribution in [0.15, 0.2) is 30.3 Å². The summed E-state index contributed by atoms with van der Waals surface area (Å²) in [5.41, 5.74) is 6.45. The summed E-state index contributed by atoms with van der Waals surface area (Å²) in [6.45, 7) is 1.99. The highest BCUT2D eigenvalue weighted by Crippen LogP contribution is 2.05. The van der Waals surface area contributed by atoms with Crippen molar-refractivity contribution in [3.05, 3.63) is 35.9 Å². The Morgan fingerprint density at radius 1 is 1.38 bits per heavy atom. The summed E-state index contributed by atoms with van der Waals surface area (Å²) in [5, 5.41) is 0. The molecule has 2 N–H and O–H groups in total. The summed E-state index contributed by atoms with van der Waals surface area (Å²) in [6.07, 6.45) is 1.29. The Hall–Kier alpha value is -1.15. The van der Waals surface area contributed by atoms with Crippen LogP contribution in [0, 0.1) is 0 Å². The summed E-state index contributed by atoms with van der Waals surface area (Å²) in [4.78, 5) is 11.5. The lowest BCUT2D eigenvalue weighted by atomic mass is 10.0. The fourth-order valence-corrected chi connectivity index (χ4v) is 1.12. The van der Waals surface area contributed by atoms with Crippen molar-refractivity contribution in [2.24, 2.45) is 5.73 Å². The molecular weight excluding hydrogens is 162 g/mol. The SMILES string of the molecule is CCC(N)CC(=O)c1ccccc1. The smallest absolute Gasteiger partial charge is 0.164 e. The van der Waals surface area contributed by atoms with Crippen LogP contribution in [0.5, 0.6) is 0 Å². The van der Waals surface area contributed by atoms with Crippen molar-refractivity contribution in [3.8, 4) is 0 Å². The van der Waals surface area contributed by atoms with E-state index in [1.54, 1.807) is 0 Å². The van der Waals surface area contributed by atoms with Crippen LogP contribution in [0.3, 0.4) is 0 Å². The number of Topliss-reactive ketones (excluding diaryl/α,β-unsaturated/α-hetero) is 1. The average molecular weight is 177 g/mol. The normalized spacial score (nSPS) is 12.5. The molecule has 2 heteroatoms. The van der Waals surface area contributed by atoms with Gasteiger partial charge in [0.05, 0.1) is 0 Å². The second kappa shape index (κ2) is 4.77. The fourth-order valence-electron chi connectivity index (χ4n) is 1.12. The van der Waals surface area contributed by atoms with Crippen LogP contribution >= 0.6 is 0 Å². The third-order valence-electron chi connectivity index (χ3n) is 2.07. The predicted octanol–water partition coefficient (Wildman–Crippen LogP) is 2.00. The van der Waals surface area contributed by atoms with E-state index in [9.17, 15) is 4.79 Å². The van der Waals surface area contributed by atoms with E-state index in [1.807, 2.05) is 37.3 Å². The van der Waals surface area contributed by atoms with Crippen molar-refractivity contribution >= 4 is 5.78 Å². The number of hydrogen-bond acceptors (Lipinski definition) is 2. The number of nitrogens with two attached hydrogens (primary N) is 1. The standard InChI is InChI=1S/C11H15NO/c1-2-10(12)8-11(13)9-6-4-3-5-7-9/h3-7,10H,2,8,12H2,1H3. The van der Waals surface area contributed by atoms with Crippen LogP contribution in [0.1, 0.15) is 30.1 Å². The molecule has 0 saturated heterocycles. The van der Waals surface area contributed by atoms with Gasteiger partial charge in [-0.05, 0) is 6.42 Å². The van der Waals surface area contributed by atoms with Crippen LogP contribution in [0.25, 0.3) is 0 Å². The summed E-state index contributed by atoms with van der Waals surface area (Å²) in [5.74, 6) is 0.134. The molecule has 0 aliphatic rings. The van der Waals surface area contributed by atoms with Crippen molar-refractivity contribution in [1.29, 1.82) is 0 Å². The van der Waals surface area contributed by atoms with Gasteiger partial charge in [0.2, 0.25) is 0 Å². The van der Waals surface area contributed by atoms with Gasteiger partial charge in [-0.25, -0.2) is 0 Å². The molecule has 1 rings (SSSR count). The van der Waals surface area contributed by atoms with Crippen molar-refractivity contribution < 1.29 is 4.79 Å². The summed E-state index contributed by atoms with van der Waals surface area (Å²) in [7, 11) is 0. The van der Waals surface area contributed by atoms with E-state index in [0.29, 0.717) is 6.42 Å². The fraction of sp³-hybridized carbons (Fsp3) is 0.364. The maximum atomic E-state index is 11.5. The molecule has 13 heavy (non-hydrogen) atoms. The third kappa shape index (κ3) is 2.99. The minimum atomic E-state index is -0.00675. The Bertz CT molecular complexity index is 269. The minimum absolute atomic E-state index is 0.00675. The van der Waals surface area contributed by atoms with E-state index in [2.05, 4.69) is 0 Å². The Balaban J connectivity index is 2.59. The van der Waals surface area contributed by atoms with E-state index >= 15 is 0 Å². The maximum Gasteiger partial charge on any atom is 0.164 e. The molecule has 0 heterocycles. The number of benzene rings is 1. The number of rotatable bonds is 4.